The average molecular weight is 316 g/mol. The van der Waals surface area contributed by atoms with Crippen LogP contribution < -0.4 is 0 Å². The van der Waals surface area contributed by atoms with Crippen LogP contribution in [0.4, 0.5) is 4.39 Å². The minimum atomic E-state index is -1.47. The Labute approximate surface area is 136 Å². The summed E-state index contributed by atoms with van der Waals surface area (Å²) in [5, 5.41) is 0. The molecule has 2 rings (SSSR count). The van der Waals surface area contributed by atoms with Crippen LogP contribution in [0, 0.1) is 5.82 Å². The molecule has 1 unspecified atom stereocenters. The van der Waals surface area contributed by atoms with Crippen molar-refractivity contribution in [2.45, 2.75) is 26.4 Å². The zero-order valence-electron chi connectivity index (χ0n) is 13.6. The highest BCUT2D eigenvalue weighted by atomic mass is 19.1. The lowest BCUT2D eigenvalue weighted by Crippen LogP contribution is -2.38. The Hall–Kier alpha value is -2.20. The fourth-order valence-corrected chi connectivity index (χ4v) is 2.55. The molecule has 2 aromatic carbocycles. The van der Waals surface area contributed by atoms with E-state index in [0.29, 0.717) is 5.56 Å². The smallest absolute Gasteiger partial charge is 0.342 e. The molecule has 0 aromatic heterocycles. The van der Waals surface area contributed by atoms with E-state index in [1.807, 2.05) is 30.3 Å². The van der Waals surface area contributed by atoms with Crippen LogP contribution in [-0.2, 0) is 19.9 Å². The first kappa shape index (κ1) is 17.2. The van der Waals surface area contributed by atoms with Crippen molar-refractivity contribution in [1.82, 2.24) is 0 Å². The molecule has 0 amide bonds. The summed E-state index contributed by atoms with van der Waals surface area (Å²) < 4.78 is 25.8. The first-order valence-corrected chi connectivity index (χ1v) is 7.70. The van der Waals surface area contributed by atoms with Crippen molar-refractivity contribution in [3.05, 3.63) is 59.9 Å². The minimum absolute atomic E-state index is 0.180. The van der Waals surface area contributed by atoms with E-state index in [-0.39, 0.29) is 18.8 Å². The molecule has 0 spiro atoms. The summed E-state index contributed by atoms with van der Waals surface area (Å²) in [7, 11) is 0. The van der Waals surface area contributed by atoms with E-state index in [1.54, 1.807) is 39.0 Å². The van der Waals surface area contributed by atoms with Crippen LogP contribution in [0.3, 0.4) is 0 Å². The molecule has 0 aliphatic heterocycles. The molecule has 0 aliphatic carbocycles. The third-order valence-electron chi connectivity index (χ3n) is 3.70. The molecule has 2 aromatic rings. The Morgan fingerprint density at radius 1 is 1.04 bits per heavy atom. The highest BCUT2D eigenvalue weighted by Gasteiger charge is 2.40. The van der Waals surface area contributed by atoms with Gasteiger partial charge in [0.15, 0.2) is 5.60 Å². The standard InChI is InChI=1S/C19H21FO3/c1-4-22-18(21)19(3,23-5-2)16-13-9-12-15(17(16)20)14-10-7-6-8-11-14/h6-13H,4-5H2,1-3H3. The molecule has 122 valence electrons. The van der Waals surface area contributed by atoms with Gasteiger partial charge in [0.05, 0.1) is 6.61 Å². The van der Waals surface area contributed by atoms with Gasteiger partial charge in [-0.3, -0.25) is 0 Å². The van der Waals surface area contributed by atoms with E-state index in [1.165, 1.54) is 0 Å². The number of carbonyl (C=O) groups excluding carboxylic acids is 1. The monoisotopic (exact) mass is 316 g/mol. The van der Waals surface area contributed by atoms with E-state index in [9.17, 15) is 4.79 Å². The maximum atomic E-state index is 15.1. The van der Waals surface area contributed by atoms with Gasteiger partial charge in [0, 0.05) is 17.7 Å². The van der Waals surface area contributed by atoms with Crippen molar-refractivity contribution in [2.24, 2.45) is 0 Å². The van der Waals surface area contributed by atoms with Gasteiger partial charge in [0.1, 0.15) is 5.82 Å². The Morgan fingerprint density at radius 3 is 2.35 bits per heavy atom. The van der Waals surface area contributed by atoms with Crippen molar-refractivity contribution < 1.29 is 18.7 Å². The highest BCUT2D eigenvalue weighted by molar-refractivity contribution is 5.82. The average Bonchev–Trinajstić information content (AvgIpc) is 2.56. The normalized spacial score (nSPS) is 13.4. The van der Waals surface area contributed by atoms with Gasteiger partial charge >= 0.3 is 5.97 Å². The van der Waals surface area contributed by atoms with Crippen molar-refractivity contribution in [3.8, 4) is 11.1 Å². The lowest BCUT2D eigenvalue weighted by Gasteiger charge is -2.28. The Morgan fingerprint density at radius 2 is 1.74 bits per heavy atom. The number of ether oxygens (including phenoxy) is 2. The third kappa shape index (κ3) is 3.42. The summed E-state index contributed by atoms with van der Waals surface area (Å²) >= 11 is 0. The van der Waals surface area contributed by atoms with Gasteiger partial charge in [0.2, 0.25) is 0 Å². The molecule has 1 atom stereocenters. The predicted octanol–water partition coefficient (Wildman–Crippen LogP) is 4.31. The van der Waals surface area contributed by atoms with Crippen LogP contribution >= 0.6 is 0 Å². The SMILES string of the molecule is CCOC(=O)C(C)(OCC)c1cccc(-c2ccccc2)c1F. The van der Waals surface area contributed by atoms with Gasteiger partial charge in [-0.25, -0.2) is 9.18 Å². The topological polar surface area (TPSA) is 35.5 Å². The van der Waals surface area contributed by atoms with Crippen LogP contribution in [0.15, 0.2) is 48.5 Å². The summed E-state index contributed by atoms with van der Waals surface area (Å²) in [6, 6.07) is 14.2. The summed E-state index contributed by atoms with van der Waals surface area (Å²) in [6.45, 7) is 5.49. The second-order valence-corrected chi connectivity index (χ2v) is 5.22. The van der Waals surface area contributed by atoms with Gasteiger partial charge in [-0.05, 0) is 26.3 Å². The first-order chi connectivity index (χ1) is 11.0. The van der Waals surface area contributed by atoms with Crippen LogP contribution in [0.5, 0.6) is 0 Å². The summed E-state index contributed by atoms with van der Waals surface area (Å²) in [6.07, 6.45) is 0. The van der Waals surface area contributed by atoms with Crippen LogP contribution in [0.1, 0.15) is 26.3 Å². The number of rotatable bonds is 6. The van der Waals surface area contributed by atoms with E-state index < -0.39 is 17.4 Å². The quantitative estimate of drug-likeness (QED) is 0.745. The molecule has 0 radical (unpaired) electrons. The molecule has 3 nitrogen and oxygen atoms in total. The van der Waals surface area contributed by atoms with Crippen molar-refractivity contribution in [3.63, 3.8) is 0 Å². The molecule has 0 saturated carbocycles. The van der Waals surface area contributed by atoms with Crippen molar-refractivity contribution in [1.29, 1.82) is 0 Å². The van der Waals surface area contributed by atoms with Crippen LogP contribution in [0.25, 0.3) is 11.1 Å². The van der Waals surface area contributed by atoms with Gasteiger partial charge in [0.25, 0.3) is 0 Å². The molecule has 0 fully saturated rings. The number of benzene rings is 2. The van der Waals surface area contributed by atoms with Gasteiger partial charge < -0.3 is 9.47 Å². The molecule has 0 aliphatic rings. The number of carbonyl (C=O) groups is 1. The Kier molecular flexibility index (Phi) is 5.50. The van der Waals surface area contributed by atoms with Crippen LogP contribution in [0.2, 0.25) is 0 Å². The van der Waals surface area contributed by atoms with Gasteiger partial charge in [-0.1, -0.05) is 48.5 Å². The summed E-state index contributed by atoms with van der Waals surface area (Å²) in [5.41, 5.74) is -0.119. The second kappa shape index (κ2) is 7.38. The largest absolute Gasteiger partial charge is 0.464 e. The molecule has 0 saturated heterocycles. The fraction of sp³-hybridized carbons (Fsp3) is 0.316. The maximum absolute atomic E-state index is 15.1. The lowest BCUT2D eigenvalue weighted by molar-refractivity contribution is -0.171. The zero-order valence-corrected chi connectivity index (χ0v) is 13.6. The molecule has 0 bridgehead atoms. The molecule has 4 heteroatoms. The summed E-state index contributed by atoms with van der Waals surface area (Å²) in [5.74, 6) is -1.06. The molecule has 23 heavy (non-hydrogen) atoms. The Bertz CT molecular complexity index is 670. The fourth-order valence-electron chi connectivity index (χ4n) is 2.55. The molecule has 0 heterocycles. The van der Waals surface area contributed by atoms with E-state index >= 15 is 4.39 Å². The van der Waals surface area contributed by atoms with E-state index in [2.05, 4.69) is 0 Å². The summed E-state index contributed by atoms with van der Waals surface area (Å²) in [4.78, 5) is 12.3. The lowest BCUT2D eigenvalue weighted by atomic mass is 9.91. The highest BCUT2D eigenvalue weighted by Crippen LogP contribution is 2.34. The Balaban J connectivity index is 2.55. The number of halogens is 1. The van der Waals surface area contributed by atoms with Gasteiger partial charge in [-0.2, -0.15) is 0 Å². The minimum Gasteiger partial charge on any atom is -0.464 e. The molecular weight excluding hydrogens is 295 g/mol. The van der Waals surface area contributed by atoms with Crippen LogP contribution in [-0.4, -0.2) is 19.2 Å². The molecule has 0 N–H and O–H groups in total. The van der Waals surface area contributed by atoms with Gasteiger partial charge in [-0.15, -0.1) is 0 Å². The number of esters is 1. The second-order valence-electron chi connectivity index (χ2n) is 5.22. The van der Waals surface area contributed by atoms with E-state index in [4.69, 9.17) is 9.47 Å². The van der Waals surface area contributed by atoms with Crippen molar-refractivity contribution in [2.75, 3.05) is 13.2 Å². The first-order valence-electron chi connectivity index (χ1n) is 7.70. The molecular formula is C19H21FO3. The number of hydrogen-bond donors (Lipinski definition) is 0. The predicted molar refractivity (Wildman–Crippen MR) is 87.4 cm³/mol. The maximum Gasteiger partial charge on any atom is 0.342 e. The van der Waals surface area contributed by atoms with E-state index in [0.717, 1.165) is 5.56 Å². The third-order valence-corrected chi connectivity index (χ3v) is 3.70. The zero-order chi connectivity index (χ0) is 16.9. The number of hydrogen-bond acceptors (Lipinski definition) is 3. The van der Waals surface area contributed by atoms with Crippen molar-refractivity contribution >= 4 is 5.97 Å².